The van der Waals surface area contributed by atoms with Crippen LogP contribution in [0.5, 0.6) is 0 Å². The number of halogens is 2. The molecule has 3 rings (SSSR count). The van der Waals surface area contributed by atoms with E-state index in [0.29, 0.717) is 5.02 Å². The van der Waals surface area contributed by atoms with E-state index in [1.165, 1.54) is 0 Å². The Bertz CT molecular complexity index is 849. The standard InChI is InChI=1S/C18H19Cl2N5/c1-12-10-17(25-18(20)24-12)23-8-3-2-7-21-15-6-9-22-16-11-13(19)4-5-14(15)16/h4-6,9-11H,2-3,7-8H2,1H3,(H,21,22)(H,23,24,25). The van der Waals surface area contributed by atoms with Gasteiger partial charge in [-0.2, -0.15) is 0 Å². The minimum atomic E-state index is 0.272. The molecule has 0 amide bonds. The van der Waals surface area contributed by atoms with E-state index in [1.807, 2.05) is 37.3 Å². The maximum Gasteiger partial charge on any atom is 0.224 e. The first-order chi connectivity index (χ1) is 12.1. The van der Waals surface area contributed by atoms with Crippen molar-refractivity contribution in [2.75, 3.05) is 23.7 Å². The lowest BCUT2D eigenvalue weighted by molar-refractivity contribution is 0.793. The van der Waals surface area contributed by atoms with Crippen molar-refractivity contribution in [2.24, 2.45) is 0 Å². The molecule has 0 bridgehead atoms. The number of fused-ring (bicyclic) bond motifs is 1. The van der Waals surface area contributed by atoms with Gasteiger partial charge in [0.15, 0.2) is 0 Å². The van der Waals surface area contributed by atoms with Gasteiger partial charge in [-0.3, -0.25) is 4.98 Å². The van der Waals surface area contributed by atoms with Gasteiger partial charge in [0.05, 0.1) is 5.52 Å². The Kier molecular flexibility index (Phi) is 5.89. The molecule has 0 radical (unpaired) electrons. The first-order valence-corrected chi connectivity index (χ1v) is 8.90. The Morgan fingerprint density at radius 1 is 0.960 bits per heavy atom. The smallest absolute Gasteiger partial charge is 0.224 e. The lowest BCUT2D eigenvalue weighted by Crippen LogP contribution is -2.08. The van der Waals surface area contributed by atoms with Crippen LogP contribution in [0.15, 0.2) is 36.5 Å². The second kappa shape index (κ2) is 8.32. The molecule has 130 valence electrons. The van der Waals surface area contributed by atoms with Crippen molar-refractivity contribution in [3.8, 4) is 0 Å². The van der Waals surface area contributed by atoms with E-state index in [1.54, 1.807) is 6.20 Å². The zero-order chi connectivity index (χ0) is 17.6. The SMILES string of the molecule is Cc1cc(NCCCCNc2ccnc3cc(Cl)ccc23)nc(Cl)n1. The van der Waals surface area contributed by atoms with E-state index >= 15 is 0 Å². The molecular weight excluding hydrogens is 357 g/mol. The molecule has 2 N–H and O–H groups in total. The lowest BCUT2D eigenvalue weighted by Gasteiger charge is -2.10. The molecule has 0 aliphatic rings. The van der Waals surface area contributed by atoms with Crippen LogP contribution in [0.25, 0.3) is 10.9 Å². The van der Waals surface area contributed by atoms with Crippen molar-refractivity contribution < 1.29 is 0 Å². The van der Waals surface area contributed by atoms with E-state index in [2.05, 4.69) is 25.6 Å². The highest BCUT2D eigenvalue weighted by Crippen LogP contribution is 2.24. The van der Waals surface area contributed by atoms with Gasteiger partial charge < -0.3 is 10.6 Å². The number of hydrogen-bond acceptors (Lipinski definition) is 5. The Balaban J connectivity index is 1.46. The van der Waals surface area contributed by atoms with Crippen LogP contribution in [0.3, 0.4) is 0 Å². The monoisotopic (exact) mass is 375 g/mol. The highest BCUT2D eigenvalue weighted by Gasteiger charge is 2.02. The summed E-state index contributed by atoms with van der Waals surface area (Å²) >= 11 is 11.9. The minimum absolute atomic E-state index is 0.272. The molecule has 2 heterocycles. The van der Waals surface area contributed by atoms with Crippen LogP contribution in [0.4, 0.5) is 11.5 Å². The first-order valence-electron chi connectivity index (χ1n) is 8.15. The van der Waals surface area contributed by atoms with Crippen LogP contribution in [-0.2, 0) is 0 Å². The van der Waals surface area contributed by atoms with Crippen LogP contribution in [0.2, 0.25) is 10.3 Å². The van der Waals surface area contributed by atoms with Crippen molar-refractivity contribution >= 4 is 45.6 Å². The van der Waals surface area contributed by atoms with Crippen LogP contribution in [0.1, 0.15) is 18.5 Å². The van der Waals surface area contributed by atoms with Gasteiger partial charge in [-0.05, 0) is 55.6 Å². The average Bonchev–Trinajstić information content (AvgIpc) is 2.57. The van der Waals surface area contributed by atoms with Crippen LogP contribution < -0.4 is 10.6 Å². The fourth-order valence-corrected chi connectivity index (χ4v) is 2.98. The molecule has 3 aromatic rings. The largest absolute Gasteiger partial charge is 0.384 e. The van der Waals surface area contributed by atoms with Gasteiger partial charge in [-0.25, -0.2) is 9.97 Å². The molecular formula is C18H19Cl2N5. The van der Waals surface area contributed by atoms with Gasteiger partial charge in [0.1, 0.15) is 5.82 Å². The molecule has 0 saturated carbocycles. The average molecular weight is 376 g/mol. The normalized spacial score (nSPS) is 10.8. The molecule has 0 fully saturated rings. The predicted octanol–water partition coefficient (Wildman–Crippen LogP) is 4.94. The highest BCUT2D eigenvalue weighted by atomic mass is 35.5. The first kappa shape index (κ1) is 17.7. The van der Waals surface area contributed by atoms with E-state index in [-0.39, 0.29) is 5.28 Å². The molecule has 0 aliphatic carbocycles. The molecule has 0 saturated heterocycles. The summed E-state index contributed by atoms with van der Waals surface area (Å²) in [4.78, 5) is 12.5. The van der Waals surface area contributed by atoms with Gasteiger partial charge in [-0.15, -0.1) is 0 Å². The van der Waals surface area contributed by atoms with E-state index in [4.69, 9.17) is 23.2 Å². The zero-order valence-electron chi connectivity index (χ0n) is 13.9. The van der Waals surface area contributed by atoms with Gasteiger partial charge in [0.2, 0.25) is 5.28 Å². The molecule has 5 nitrogen and oxygen atoms in total. The number of rotatable bonds is 7. The topological polar surface area (TPSA) is 62.7 Å². The summed E-state index contributed by atoms with van der Waals surface area (Å²) in [6, 6.07) is 9.63. The second-order valence-electron chi connectivity index (χ2n) is 5.74. The number of anilines is 2. The summed E-state index contributed by atoms with van der Waals surface area (Å²) in [5.41, 5.74) is 2.83. The number of aryl methyl sites for hydroxylation is 1. The third-order valence-corrected chi connectivity index (χ3v) is 4.16. The van der Waals surface area contributed by atoms with Crippen LogP contribution in [-0.4, -0.2) is 28.0 Å². The summed E-state index contributed by atoms with van der Waals surface area (Å²) < 4.78 is 0. The van der Waals surface area contributed by atoms with Gasteiger partial charge in [0, 0.05) is 47.1 Å². The molecule has 7 heteroatoms. The third-order valence-electron chi connectivity index (χ3n) is 3.76. The predicted molar refractivity (Wildman–Crippen MR) is 105 cm³/mol. The maximum absolute atomic E-state index is 6.02. The number of aromatic nitrogens is 3. The number of hydrogen-bond donors (Lipinski definition) is 2. The number of nitrogens with one attached hydrogen (secondary N) is 2. The molecule has 2 aromatic heterocycles. The quantitative estimate of drug-likeness (QED) is 0.452. The van der Waals surface area contributed by atoms with E-state index in [0.717, 1.165) is 54.0 Å². The second-order valence-corrected chi connectivity index (χ2v) is 6.52. The molecule has 0 unspecified atom stereocenters. The summed E-state index contributed by atoms with van der Waals surface area (Å²) in [6.07, 6.45) is 3.84. The van der Waals surface area contributed by atoms with Crippen LogP contribution >= 0.6 is 23.2 Å². The maximum atomic E-state index is 6.02. The van der Waals surface area contributed by atoms with Crippen molar-refractivity contribution in [1.29, 1.82) is 0 Å². The zero-order valence-corrected chi connectivity index (χ0v) is 15.4. The van der Waals surface area contributed by atoms with Crippen molar-refractivity contribution in [3.05, 3.63) is 52.5 Å². The summed E-state index contributed by atoms with van der Waals surface area (Å²) in [5.74, 6) is 0.766. The van der Waals surface area contributed by atoms with E-state index < -0.39 is 0 Å². The fourth-order valence-electron chi connectivity index (χ4n) is 2.59. The highest BCUT2D eigenvalue weighted by molar-refractivity contribution is 6.31. The summed E-state index contributed by atoms with van der Waals surface area (Å²) in [6.45, 7) is 3.61. The fraction of sp³-hybridized carbons (Fsp3) is 0.278. The van der Waals surface area contributed by atoms with E-state index in [9.17, 15) is 0 Å². The molecule has 1 aromatic carbocycles. The Labute approximate surface area is 156 Å². The van der Waals surface area contributed by atoms with Crippen LogP contribution in [0, 0.1) is 6.92 Å². The van der Waals surface area contributed by atoms with Gasteiger partial charge in [-0.1, -0.05) is 11.6 Å². The van der Waals surface area contributed by atoms with Crippen molar-refractivity contribution in [3.63, 3.8) is 0 Å². The Morgan fingerprint density at radius 2 is 1.76 bits per heavy atom. The molecule has 0 spiro atoms. The number of pyridine rings is 1. The van der Waals surface area contributed by atoms with Gasteiger partial charge >= 0.3 is 0 Å². The number of benzene rings is 1. The Hall–Kier alpha value is -2.11. The lowest BCUT2D eigenvalue weighted by atomic mass is 10.2. The molecule has 0 atom stereocenters. The number of unbranched alkanes of at least 4 members (excludes halogenated alkanes) is 1. The van der Waals surface area contributed by atoms with Crippen molar-refractivity contribution in [1.82, 2.24) is 15.0 Å². The number of nitrogens with zero attached hydrogens (tertiary/aromatic N) is 3. The molecule has 25 heavy (non-hydrogen) atoms. The summed E-state index contributed by atoms with van der Waals surface area (Å²) in [5, 5.41) is 8.79. The third kappa shape index (κ3) is 4.94. The van der Waals surface area contributed by atoms with Gasteiger partial charge in [0.25, 0.3) is 0 Å². The minimum Gasteiger partial charge on any atom is -0.384 e. The molecule has 0 aliphatic heterocycles. The summed E-state index contributed by atoms with van der Waals surface area (Å²) in [7, 11) is 0. The Morgan fingerprint density at radius 3 is 2.56 bits per heavy atom. The van der Waals surface area contributed by atoms with Crippen molar-refractivity contribution in [2.45, 2.75) is 19.8 Å².